The number of amides is 1. The number of hydrogen-bond donors (Lipinski definition) is 0. The number of ether oxygens (including phenoxy) is 1. The van der Waals surface area contributed by atoms with Gasteiger partial charge in [0.1, 0.15) is 41.0 Å². The number of thiophene rings is 1. The van der Waals surface area contributed by atoms with Crippen LogP contribution >= 0.6 is 11.3 Å². The standard InChI is InChI=1S/C40H41F3N10O2S/c1-6-23-15-27-34(33(43)31(23)26-9-10-29(42)35-32(26)28(18-44)37(56-35)45-22-49(2)3)46-39(55-21-40-11-7-13-52(40)19-24(41)17-40)47-36(27)51-12-8-14-53-25(20-51)16-30(48-53)38(54)50(4)5/h6,9-10,15-16,22,24H,1,7-8,11-14,17,19-21H2,2-5H3/b45-22+/t24-,40+/m1/s1. The number of benzene rings is 2. The van der Waals surface area contributed by atoms with Gasteiger partial charge >= 0.3 is 6.01 Å². The van der Waals surface area contributed by atoms with Crippen molar-refractivity contribution < 1.29 is 22.7 Å². The largest absolute Gasteiger partial charge is 0.461 e. The molecule has 3 aromatic heterocycles. The van der Waals surface area contributed by atoms with E-state index < -0.39 is 23.3 Å². The second kappa shape index (κ2) is 14.5. The molecule has 1 amide bonds. The summed E-state index contributed by atoms with van der Waals surface area (Å²) in [7, 11) is 6.91. The number of carbonyl (C=O) groups is 1. The molecule has 6 heterocycles. The Bertz CT molecular complexity index is 2470. The lowest BCUT2D eigenvalue weighted by Gasteiger charge is -2.31. The average molecular weight is 783 g/mol. The van der Waals surface area contributed by atoms with Gasteiger partial charge in [0, 0.05) is 70.6 Å². The van der Waals surface area contributed by atoms with Gasteiger partial charge in [0.15, 0.2) is 11.5 Å². The van der Waals surface area contributed by atoms with Gasteiger partial charge in [-0.05, 0) is 55.1 Å². The minimum atomic E-state index is -0.965. The highest BCUT2D eigenvalue weighted by Gasteiger charge is 2.49. The summed E-state index contributed by atoms with van der Waals surface area (Å²) in [5, 5.41) is 15.8. The first-order valence-electron chi connectivity index (χ1n) is 18.5. The normalized spacial score (nSPS) is 19.7. The molecule has 8 rings (SSSR count). The highest BCUT2D eigenvalue weighted by atomic mass is 32.1. The maximum absolute atomic E-state index is 17.6. The molecule has 2 atom stereocenters. The van der Waals surface area contributed by atoms with Gasteiger partial charge in [-0.3, -0.25) is 14.4 Å². The Morgan fingerprint density at radius 2 is 2.00 bits per heavy atom. The molecule has 12 nitrogen and oxygen atoms in total. The van der Waals surface area contributed by atoms with Crippen molar-refractivity contribution in [2.75, 3.05) is 59.3 Å². The number of anilines is 1. The van der Waals surface area contributed by atoms with Gasteiger partial charge < -0.3 is 19.4 Å². The van der Waals surface area contributed by atoms with Gasteiger partial charge in [-0.2, -0.15) is 20.3 Å². The second-order valence-electron chi connectivity index (χ2n) is 15.1. The Hall–Kier alpha value is -5.53. The van der Waals surface area contributed by atoms with Crippen LogP contribution in [0, 0.1) is 23.0 Å². The van der Waals surface area contributed by atoms with Crippen molar-refractivity contribution in [3.8, 4) is 23.2 Å². The molecule has 0 N–H and O–H groups in total. The number of nitrogens with zero attached hydrogens (tertiary/aromatic N) is 10. The van der Waals surface area contributed by atoms with Crippen molar-refractivity contribution in [2.24, 2.45) is 4.99 Å². The Balaban J connectivity index is 1.31. The fourth-order valence-electron chi connectivity index (χ4n) is 8.31. The van der Waals surface area contributed by atoms with Crippen LogP contribution in [0.1, 0.15) is 53.0 Å². The van der Waals surface area contributed by atoms with E-state index in [4.69, 9.17) is 9.72 Å². The van der Waals surface area contributed by atoms with Crippen LogP contribution in [0.4, 0.5) is 24.0 Å². The maximum Gasteiger partial charge on any atom is 0.319 e. The van der Waals surface area contributed by atoms with Crippen LogP contribution in [0.5, 0.6) is 6.01 Å². The summed E-state index contributed by atoms with van der Waals surface area (Å²) in [4.78, 5) is 34.1. The molecule has 3 aliphatic rings. The van der Waals surface area contributed by atoms with Crippen LogP contribution in [0.3, 0.4) is 0 Å². The smallest absolute Gasteiger partial charge is 0.319 e. The van der Waals surface area contributed by atoms with Crippen LogP contribution in [-0.4, -0.2) is 113 Å². The summed E-state index contributed by atoms with van der Waals surface area (Å²) in [6, 6.07) is 8.35. The van der Waals surface area contributed by atoms with Crippen molar-refractivity contribution >= 4 is 61.5 Å². The minimum absolute atomic E-state index is 0.0422. The zero-order valence-corrected chi connectivity index (χ0v) is 32.5. The Kier molecular flexibility index (Phi) is 9.70. The van der Waals surface area contributed by atoms with Crippen LogP contribution in [0.2, 0.25) is 0 Å². The molecule has 56 heavy (non-hydrogen) atoms. The topological polar surface area (TPSA) is 119 Å². The number of nitriles is 1. The zero-order chi connectivity index (χ0) is 39.5. The van der Waals surface area contributed by atoms with E-state index in [1.165, 1.54) is 29.4 Å². The monoisotopic (exact) mass is 782 g/mol. The van der Waals surface area contributed by atoms with Crippen LogP contribution in [0.15, 0.2) is 35.8 Å². The maximum atomic E-state index is 17.6. The number of aromatic nitrogens is 4. The fraction of sp³-hybridized carbons (Fsp3) is 0.400. The summed E-state index contributed by atoms with van der Waals surface area (Å²) in [6.07, 6.45) is 4.75. The highest BCUT2D eigenvalue weighted by molar-refractivity contribution is 7.23. The first kappa shape index (κ1) is 37.4. The van der Waals surface area contributed by atoms with Gasteiger partial charge in [-0.15, -0.1) is 11.3 Å². The highest BCUT2D eigenvalue weighted by Crippen LogP contribution is 2.47. The molecule has 16 heteroatoms. The van der Waals surface area contributed by atoms with Gasteiger partial charge in [0.25, 0.3) is 5.91 Å². The van der Waals surface area contributed by atoms with Crippen molar-refractivity contribution in [1.29, 1.82) is 5.26 Å². The molecule has 0 unspecified atom stereocenters. The van der Waals surface area contributed by atoms with Gasteiger partial charge in [0.05, 0.1) is 34.4 Å². The van der Waals surface area contributed by atoms with E-state index >= 15 is 8.78 Å². The third-order valence-electron chi connectivity index (χ3n) is 10.9. The molecule has 2 aromatic carbocycles. The number of aryl methyl sites for hydroxylation is 1. The summed E-state index contributed by atoms with van der Waals surface area (Å²) in [6.45, 7) is 6.65. The Labute approximate surface area is 326 Å². The van der Waals surface area contributed by atoms with Crippen molar-refractivity contribution in [1.82, 2.24) is 34.4 Å². The number of fused-ring (bicyclic) bond motifs is 4. The van der Waals surface area contributed by atoms with E-state index in [2.05, 4.69) is 32.6 Å². The molecule has 0 spiro atoms. The van der Waals surface area contributed by atoms with Crippen LogP contribution in [-0.2, 0) is 13.1 Å². The van der Waals surface area contributed by atoms with Gasteiger partial charge in [0.2, 0.25) is 0 Å². The van der Waals surface area contributed by atoms with E-state index in [1.807, 2.05) is 9.58 Å². The minimum Gasteiger partial charge on any atom is -0.461 e. The van der Waals surface area contributed by atoms with E-state index in [0.29, 0.717) is 66.5 Å². The zero-order valence-electron chi connectivity index (χ0n) is 31.7. The first-order chi connectivity index (χ1) is 26.9. The molecule has 0 saturated carbocycles. The summed E-state index contributed by atoms with van der Waals surface area (Å²) in [5.74, 6) is -1.10. The fourth-order valence-corrected chi connectivity index (χ4v) is 9.33. The predicted molar refractivity (Wildman–Crippen MR) is 211 cm³/mol. The lowest BCUT2D eigenvalue weighted by Crippen LogP contribution is -2.43. The summed E-state index contributed by atoms with van der Waals surface area (Å²) in [5.41, 5.74) is 1.44. The molecule has 2 fully saturated rings. The van der Waals surface area contributed by atoms with E-state index in [0.717, 1.165) is 36.4 Å². The molecule has 290 valence electrons. The van der Waals surface area contributed by atoms with Gasteiger partial charge in [-0.1, -0.05) is 18.7 Å². The number of alkyl halides is 1. The second-order valence-corrected chi connectivity index (χ2v) is 16.1. The molecule has 0 bridgehead atoms. The number of halogens is 3. The van der Waals surface area contributed by atoms with Crippen molar-refractivity contribution in [3.63, 3.8) is 0 Å². The van der Waals surface area contributed by atoms with E-state index in [1.54, 1.807) is 45.2 Å². The predicted octanol–water partition coefficient (Wildman–Crippen LogP) is 6.79. The molecular weight excluding hydrogens is 742 g/mol. The molecule has 0 aliphatic carbocycles. The van der Waals surface area contributed by atoms with Crippen molar-refractivity contribution in [2.45, 2.75) is 50.5 Å². The molecule has 0 radical (unpaired) electrons. The van der Waals surface area contributed by atoms with E-state index in [9.17, 15) is 14.4 Å². The summed E-state index contributed by atoms with van der Waals surface area (Å²) >= 11 is 1.02. The lowest BCUT2D eigenvalue weighted by atomic mass is 9.93. The first-order valence-corrected chi connectivity index (χ1v) is 19.3. The molecule has 2 saturated heterocycles. The average Bonchev–Trinajstić information content (AvgIpc) is 3.91. The van der Waals surface area contributed by atoms with Gasteiger partial charge in [-0.25, -0.2) is 18.2 Å². The lowest BCUT2D eigenvalue weighted by molar-refractivity contribution is 0.0821. The SMILES string of the molecule is C=Cc1cc2c(N3CCCn4nc(C(=O)N(C)C)cc4C3)nc(OC[C@@]34CCCN3C[C@H](F)C4)nc2c(F)c1-c1ccc(F)c2sc(/N=C/N(C)C)c(C#N)c12. The Morgan fingerprint density at radius 1 is 1.18 bits per heavy atom. The van der Waals surface area contributed by atoms with Crippen LogP contribution in [0.25, 0.3) is 38.2 Å². The van der Waals surface area contributed by atoms with Crippen LogP contribution < -0.4 is 9.64 Å². The number of rotatable bonds is 9. The quantitative estimate of drug-likeness (QED) is 0.118. The molecular formula is C40H41F3N10O2S. The third kappa shape index (κ3) is 6.42. The number of aliphatic imine (C=N–C) groups is 1. The summed E-state index contributed by atoms with van der Waals surface area (Å²) < 4.78 is 56.1. The van der Waals surface area contributed by atoms with E-state index in [-0.39, 0.29) is 50.8 Å². The number of carbonyl (C=O) groups excluding carboxylic acids is 1. The Morgan fingerprint density at radius 3 is 2.75 bits per heavy atom. The molecule has 3 aliphatic heterocycles. The number of hydrogen-bond acceptors (Lipinski definition) is 10. The third-order valence-corrected chi connectivity index (χ3v) is 12.0. The van der Waals surface area contributed by atoms with Crippen molar-refractivity contribution in [3.05, 3.63) is 65.0 Å². The molecule has 5 aromatic rings.